The van der Waals surface area contributed by atoms with Gasteiger partial charge >= 0.3 is 10.4 Å². The maximum atomic E-state index is 13.2. The Bertz CT molecular complexity index is 1400. The van der Waals surface area contributed by atoms with Gasteiger partial charge in [-0.15, -0.1) is 0 Å². The molecule has 7 atom stereocenters. The summed E-state index contributed by atoms with van der Waals surface area (Å²) in [7, 11) is -5.09. The van der Waals surface area contributed by atoms with Crippen molar-refractivity contribution in [2.45, 2.75) is 378 Å². The molecule has 0 spiro atoms. The van der Waals surface area contributed by atoms with Crippen LogP contribution in [0, 0.1) is 0 Å². The molecule has 1 saturated heterocycles. The molecule has 1 rings (SSSR count). The number of ether oxygens (including phenoxy) is 2. The zero-order chi connectivity index (χ0) is 56.1. The molecule has 0 aromatic rings. The second kappa shape index (κ2) is 54.1. The number of hydrogen-bond acceptors (Lipinski definition) is 10. The van der Waals surface area contributed by atoms with E-state index in [4.69, 9.17) is 9.47 Å². The van der Waals surface area contributed by atoms with E-state index in [2.05, 4.69) is 23.3 Å². The Kier molecular flexibility index (Phi) is 51.9. The molecule has 1 aliphatic rings. The first-order valence-corrected chi connectivity index (χ1v) is 34.4. The molecule has 6 N–H and O–H groups in total. The first kappa shape index (κ1) is 73.9. The minimum Gasteiger partial charge on any atom is -0.394 e. The van der Waals surface area contributed by atoms with Crippen LogP contribution in [0.3, 0.4) is 0 Å². The van der Waals surface area contributed by atoms with Crippen LogP contribution in [-0.2, 0) is 28.9 Å². The van der Waals surface area contributed by atoms with Crippen molar-refractivity contribution in [1.82, 2.24) is 5.32 Å². The lowest BCUT2D eigenvalue weighted by atomic mass is 9.99. The lowest BCUT2D eigenvalue weighted by Gasteiger charge is -2.41. The number of hydrogen-bond donors (Lipinski definition) is 6. The number of carbonyl (C=O) groups is 1. The highest BCUT2D eigenvalue weighted by Gasteiger charge is 2.48. The van der Waals surface area contributed by atoms with Gasteiger partial charge in [0.1, 0.15) is 24.4 Å². The highest BCUT2D eigenvalue weighted by atomic mass is 32.3. The van der Waals surface area contributed by atoms with E-state index in [0.717, 1.165) is 38.5 Å². The molecule has 0 radical (unpaired) electrons. The average Bonchev–Trinajstić information content (AvgIpc) is 3.41. The molecule has 1 aliphatic heterocycles. The van der Waals surface area contributed by atoms with E-state index in [1.807, 2.05) is 6.08 Å². The Hall–Kier alpha value is -1.16. The van der Waals surface area contributed by atoms with Crippen LogP contribution >= 0.6 is 0 Å². The van der Waals surface area contributed by atoms with Gasteiger partial charge in [-0.3, -0.25) is 9.35 Å². The summed E-state index contributed by atoms with van der Waals surface area (Å²) in [4.78, 5) is 13.2. The van der Waals surface area contributed by atoms with Gasteiger partial charge in [0, 0.05) is 6.42 Å². The normalized spacial score (nSPS) is 18.9. The minimum atomic E-state index is -5.09. The van der Waals surface area contributed by atoms with Crippen LogP contribution in [0.15, 0.2) is 12.2 Å². The monoisotopic (exact) mass is 1120 g/mol. The second-order valence-electron chi connectivity index (χ2n) is 23.4. The fourth-order valence-electron chi connectivity index (χ4n) is 11.0. The van der Waals surface area contributed by atoms with Gasteiger partial charge in [0.15, 0.2) is 6.29 Å². The molecule has 77 heavy (non-hydrogen) atoms. The number of nitrogens with one attached hydrogen (secondary N) is 1. The number of rotatable bonds is 59. The van der Waals surface area contributed by atoms with Crippen LogP contribution in [0.2, 0.25) is 0 Å². The zero-order valence-electron chi connectivity index (χ0n) is 50.1. The number of amides is 1. The Morgan fingerprint density at radius 3 is 1.13 bits per heavy atom. The number of carbonyl (C=O) groups excluding carboxylic acids is 1. The summed E-state index contributed by atoms with van der Waals surface area (Å²) >= 11 is 0. The summed E-state index contributed by atoms with van der Waals surface area (Å²) in [5, 5.41) is 45.1. The predicted octanol–water partition coefficient (Wildman–Crippen LogP) is 16.6. The van der Waals surface area contributed by atoms with Crippen molar-refractivity contribution in [3.63, 3.8) is 0 Å². The predicted molar refractivity (Wildman–Crippen MR) is 319 cm³/mol. The van der Waals surface area contributed by atoms with E-state index < -0.39 is 59.9 Å². The van der Waals surface area contributed by atoms with Crippen molar-refractivity contribution in [2.75, 3.05) is 13.2 Å². The van der Waals surface area contributed by atoms with Gasteiger partial charge < -0.3 is 35.2 Å². The van der Waals surface area contributed by atoms with Gasteiger partial charge in [0.25, 0.3) is 0 Å². The molecule has 1 fully saturated rings. The summed E-state index contributed by atoms with van der Waals surface area (Å²) < 4.78 is 48.0. The largest absolute Gasteiger partial charge is 0.397 e. The van der Waals surface area contributed by atoms with E-state index in [1.165, 1.54) is 270 Å². The maximum absolute atomic E-state index is 13.2. The van der Waals surface area contributed by atoms with Gasteiger partial charge in [-0.25, -0.2) is 4.18 Å². The molecule has 1 amide bonds. The van der Waals surface area contributed by atoms with Crippen LogP contribution in [0.5, 0.6) is 0 Å². The van der Waals surface area contributed by atoms with Crippen molar-refractivity contribution in [3.05, 3.63) is 12.2 Å². The van der Waals surface area contributed by atoms with Crippen molar-refractivity contribution in [3.8, 4) is 0 Å². The fraction of sp³-hybridized carbons (Fsp3) is 0.953. The number of unbranched alkanes of at least 4 members (excludes halogenated alkanes) is 47. The van der Waals surface area contributed by atoms with Gasteiger partial charge in [-0.2, -0.15) is 8.42 Å². The standard InChI is InChI=1S/C64H125NO11S/c1-3-5-7-9-11-13-15-17-19-21-23-25-27-28-29-30-32-34-36-38-40-42-44-46-48-50-52-54-60(68)65-57(56-74-64-62(70)63(76-77(71,72)73)61(69)59(55-66)75-64)58(67)53-51-49-47-45-43-41-39-37-35-33-31-26-24-22-20-18-16-14-12-10-8-6-4-2/h51,53,57-59,61-64,66-67,69-70H,3-50,52,54-56H2,1-2H3,(H,65,68)(H,71,72,73)/b53-51+. The van der Waals surface area contributed by atoms with Gasteiger partial charge in [0.05, 0.1) is 25.4 Å². The molecule has 0 saturated carbocycles. The molecule has 7 unspecified atom stereocenters. The maximum Gasteiger partial charge on any atom is 0.397 e. The van der Waals surface area contributed by atoms with Crippen LogP contribution in [-0.4, -0.2) is 95.4 Å². The molecular weight excluding hydrogens is 991 g/mol. The Labute approximate surface area is 474 Å². The summed E-state index contributed by atoms with van der Waals surface area (Å²) in [5.74, 6) is -0.253. The molecule has 0 bridgehead atoms. The van der Waals surface area contributed by atoms with E-state index >= 15 is 0 Å². The molecule has 0 aliphatic carbocycles. The summed E-state index contributed by atoms with van der Waals surface area (Å²) in [5.41, 5.74) is 0. The SMILES string of the molecule is CCCCCCCCCCCCCCCCCCCCCCC/C=C/C(O)C(COC1OC(CO)C(O)C(OS(=O)(=O)O)C1O)NC(=O)CCCCCCCCCCCCCCCCCCCCCCCCCCCCC. The lowest BCUT2D eigenvalue weighted by Crippen LogP contribution is -2.61. The van der Waals surface area contributed by atoms with Gasteiger partial charge in [-0.1, -0.05) is 321 Å². The number of allylic oxidation sites excluding steroid dienone is 1. The third kappa shape index (κ3) is 46.1. The number of aliphatic hydroxyl groups is 4. The lowest BCUT2D eigenvalue weighted by molar-refractivity contribution is -0.298. The smallest absolute Gasteiger partial charge is 0.394 e. The Balaban J connectivity index is 2.28. The van der Waals surface area contributed by atoms with E-state index in [-0.39, 0.29) is 18.9 Å². The van der Waals surface area contributed by atoms with E-state index in [9.17, 15) is 38.2 Å². The molecule has 12 nitrogen and oxygen atoms in total. The zero-order valence-corrected chi connectivity index (χ0v) is 50.9. The first-order chi connectivity index (χ1) is 37.5. The van der Waals surface area contributed by atoms with Crippen LogP contribution < -0.4 is 5.32 Å². The highest BCUT2D eigenvalue weighted by Crippen LogP contribution is 2.26. The highest BCUT2D eigenvalue weighted by molar-refractivity contribution is 7.80. The minimum absolute atomic E-state index is 0.253. The fourth-order valence-corrected chi connectivity index (χ4v) is 11.5. The van der Waals surface area contributed by atoms with Crippen LogP contribution in [0.1, 0.15) is 335 Å². The molecule has 1 heterocycles. The molecular formula is C64H125NO11S. The molecule has 0 aromatic carbocycles. The van der Waals surface area contributed by atoms with Crippen molar-refractivity contribution < 1.29 is 51.8 Å². The van der Waals surface area contributed by atoms with Gasteiger partial charge in [0.2, 0.25) is 5.91 Å². The molecule has 13 heteroatoms. The van der Waals surface area contributed by atoms with E-state index in [1.54, 1.807) is 6.08 Å². The summed E-state index contributed by atoms with van der Waals surface area (Å²) in [6.45, 7) is 3.46. The topological polar surface area (TPSA) is 192 Å². The van der Waals surface area contributed by atoms with E-state index in [0.29, 0.717) is 6.42 Å². The molecule has 458 valence electrons. The van der Waals surface area contributed by atoms with Crippen LogP contribution in [0.25, 0.3) is 0 Å². The average molecular weight is 1120 g/mol. The third-order valence-corrected chi connectivity index (χ3v) is 16.5. The quantitative estimate of drug-likeness (QED) is 0.0193. The third-order valence-electron chi connectivity index (χ3n) is 16.1. The summed E-state index contributed by atoms with van der Waals surface area (Å²) in [6.07, 6.45) is 58.4. The molecule has 0 aromatic heterocycles. The first-order valence-electron chi connectivity index (χ1n) is 33.1. The number of aliphatic hydroxyl groups excluding tert-OH is 4. The summed E-state index contributed by atoms with van der Waals surface area (Å²) in [6, 6.07) is -0.941. The Morgan fingerprint density at radius 2 is 0.818 bits per heavy atom. The van der Waals surface area contributed by atoms with Gasteiger partial charge in [-0.05, 0) is 19.3 Å². The van der Waals surface area contributed by atoms with Crippen molar-refractivity contribution in [1.29, 1.82) is 0 Å². The van der Waals surface area contributed by atoms with Crippen LogP contribution in [0.4, 0.5) is 0 Å². The second-order valence-corrected chi connectivity index (χ2v) is 24.5. The Morgan fingerprint density at radius 1 is 0.506 bits per heavy atom. The van der Waals surface area contributed by atoms with Crippen molar-refractivity contribution in [2.24, 2.45) is 0 Å². The van der Waals surface area contributed by atoms with Crippen molar-refractivity contribution >= 4 is 16.3 Å².